The van der Waals surface area contributed by atoms with Gasteiger partial charge in [-0.15, -0.1) is 0 Å². The average molecular weight is 479 g/mol. The Morgan fingerprint density at radius 2 is 1.11 bits per heavy atom. The molecule has 3 rings (SSSR count). The van der Waals surface area contributed by atoms with Gasteiger partial charge in [0.25, 0.3) is 5.70 Å². The number of carbonyl (C=O) groups is 1. The predicted molar refractivity (Wildman–Crippen MR) is 150 cm³/mol. The lowest BCUT2D eigenvalue weighted by molar-refractivity contribution is -0.132. The number of carboxylic acids is 1. The second-order valence-corrected chi connectivity index (χ2v) is 8.46. The molecule has 0 saturated heterocycles. The number of carboxylic acid groups (broad SMARTS) is 1. The minimum Gasteiger partial charge on any atom is -0.486 e. The Hall–Kier alpha value is -4.76. The van der Waals surface area contributed by atoms with Crippen LogP contribution < -0.4 is 14.7 Å². The van der Waals surface area contributed by atoms with E-state index < -0.39 is 5.97 Å². The average Bonchev–Trinajstić information content (AvgIpc) is 2.87. The lowest BCUT2D eigenvalue weighted by Gasteiger charge is -2.27. The predicted octanol–water partition coefficient (Wildman–Crippen LogP) is 6.75. The van der Waals surface area contributed by atoms with Crippen LogP contribution >= 0.6 is 0 Å². The number of hydrogen-bond acceptors (Lipinski definition) is 4. The van der Waals surface area contributed by atoms with Gasteiger partial charge in [-0.3, -0.25) is 4.79 Å². The van der Waals surface area contributed by atoms with Crippen LogP contribution in [-0.2, 0) is 4.79 Å². The van der Waals surface area contributed by atoms with Gasteiger partial charge < -0.3 is 19.8 Å². The van der Waals surface area contributed by atoms with Gasteiger partial charge in [0.2, 0.25) is 0 Å². The second-order valence-electron chi connectivity index (χ2n) is 8.46. The summed E-state index contributed by atoms with van der Waals surface area (Å²) < 4.78 is 0. The van der Waals surface area contributed by atoms with Crippen LogP contribution in [0.3, 0.4) is 0 Å². The third-order valence-electron chi connectivity index (χ3n) is 5.50. The van der Waals surface area contributed by atoms with Crippen LogP contribution in [0, 0.1) is 6.57 Å². The van der Waals surface area contributed by atoms with Gasteiger partial charge >= 0.3 is 5.97 Å². The van der Waals surface area contributed by atoms with Gasteiger partial charge in [-0.2, -0.15) is 0 Å². The van der Waals surface area contributed by atoms with Gasteiger partial charge in [-0.05, 0) is 72.3 Å². The summed E-state index contributed by atoms with van der Waals surface area (Å²) in [5.41, 5.74) is 6.11. The van der Waals surface area contributed by atoms with Crippen molar-refractivity contribution in [2.24, 2.45) is 0 Å². The van der Waals surface area contributed by atoms with Crippen molar-refractivity contribution in [2.75, 3.05) is 42.9 Å². The highest BCUT2D eigenvalue weighted by atomic mass is 16.4. The molecular weight excluding hydrogens is 448 g/mol. The Morgan fingerprint density at radius 1 is 0.694 bits per heavy atom. The zero-order chi connectivity index (χ0) is 26.1. The minimum atomic E-state index is -1.23. The van der Waals surface area contributed by atoms with Crippen molar-refractivity contribution >= 4 is 40.5 Å². The van der Waals surface area contributed by atoms with Crippen LogP contribution in [0.1, 0.15) is 5.56 Å². The third kappa shape index (κ3) is 6.64. The van der Waals surface area contributed by atoms with Crippen molar-refractivity contribution in [1.29, 1.82) is 0 Å². The molecule has 0 aromatic heterocycles. The fraction of sp³-hybridized carbons (Fsp3) is 0.133. The molecule has 0 heterocycles. The Morgan fingerprint density at radius 3 is 1.50 bits per heavy atom. The zero-order valence-corrected chi connectivity index (χ0v) is 21.0. The van der Waals surface area contributed by atoms with Crippen LogP contribution in [-0.4, -0.2) is 39.3 Å². The summed E-state index contributed by atoms with van der Waals surface area (Å²) in [5, 5.41) is 8.88. The van der Waals surface area contributed by atoms with E-state index in [0.29, 0.717) is 0 Å². The van der Waals surface area contributed by atoms with Crippen molar-refractivity contribution in [3.05, 3.63) is 120 Å². The smallest absolute Gasteiger partial charge is 0.333 e. The Kier molecular flexibility index (Phi) is 8.68. The fourth-order valence-corrected chi connectivity index (χ4v) is 3.52. The van der Waals surface area contributed by atoms with Crippen LogP contribution in [0.2, 0.25) is 0 Å². The molecule has 0 bridgehead atoms. The maximum Gasteiger partial charge on any atom is 0.333 e. The number of anilines is 5. The molecule has 36 heavy (non-hydrogen) atoms. The highest BCUT2D eigenvalue weighted by Crippen LogP contribution is 2.36. The van der Waals surface area contributed by atoms with Gasteiger partial charge in [0.1, 0.15) is 0 Å². The lowest BCUT2D eigenvalue weighted by Crippen LogP contribution is -2.12. The largest absolute Gasteiger partial charge is 0.486 e. The van der Waals surface area contributed by atoms with Crippen molar-refractivity contribution in [3.8, 4) is 0 Å². The highest BCUT2D eigenvalue weighted by Gasteiger charge is 2.13. The van der Waals surface area contributed by atoms with E-state index in [4.69, 9.17) is 11.7 Å². The van der Waals surface area contributed by atoms with Gasteiger partial charge in [0.15, 0.2) is 0 Å². The Balaban J connectivity index is 1.88. The maximum atomic E-state index is 10.9. The molecule has 0 atom stereocenters. The maximum absolute atomic E-state index is 10.9. The molecule has 0 saturated carbocycles. The Bertz CT molecular complexity index is 1240. The summed E-state index contributed by atoms with van der Waals surface area (Å²) in [6.07, 6.45) is 8.26. The topological polar surface area (TPSA) is 51.4 Å². The van der Waals surface area contributed by atoms with E-state index in [-0.39, 0.29) is 5.70 Å². The molecule has 0 aliphatic carbocycles. The SMILES string of the molecule is [C-]#[N+]C(=CC=CC=Cc1ccc(N(c2ccc(N(C)C)cc2)c2ccc(N(C)C)cc2)cc1)C(=O)O. The molecule has 0 radical (unpaired) electrons. The molecule has 6 heteroatoms. The molecule has 1 N–H and O–H groups in total. The van der Waals surface area contributed by atoms with E-state index in [1.54, 1.807) is 12.2 Å². The van der Waals surface area contributed by atoms with Crippen molar-refractivity contribution in [2.45, 2.75) is 0 Å². The van der Waals surface area contributed by atoms with E-state index in [1.165, 1.54) is 6.08 Å². The quantitative estimate of drug-likeness (QED) is 0.210. The minimum absolute atomic E-state index is 0.318. The molecule has 0 aliphatic rings. The highest BCUT2D eigenvalue weighted by molar-refractivity contribution is 5.89. The number of benzene rings is 3. The van der Waals surface area contributed by atoms with Crippen LogP contribution in [0.15, 0.2) is 103 Å². The number of allylic oxidation sites excluding steroid dienone is 4. The lowest BCUT2D eigenvalue weighted by atomic mass is 10.1. The van der Waals surface area contributed by atoms with E-state index in [1.807, 2.05) is 52.5 Å². The zero-order valence-electron chi connectivity index (χ0n) is 21.0. The summed E-state index contributed by atoms with van der Waals surface area (Å²) in [5.74, 6) is -1.23. The van der Waals surface area contributed by atoms with Gasteiger partial charge in [0, 0.05) is 56.6 Å². The van der Waals surface area contributed by atoms with Crippen molar-refractivity contribution in [1.82, 2.24) is 0 Å². The molecule has 182 valence electrons. The molecule has 0 amide bonds. The number of rotatable bonds is 9. The van der Waals surface area contributed by atoms with Crippen LogP contribution in [0.25, 0.3) is 10.9 Å². The van der Waals surface area contributed by atoms with Crippen molar-refractivity contribution in [3.63, 3.8) is 0 Å². The van der Waals surface area contributed by atoms with Gasteiger partial charge in [-0.25, -0.2) is 4.85 Å². The molecular formula is C30H30N4O2. The monoisotopic (exact) mass is 478 g/mol. The first-order valence-electron chi connectivity index (χ1n) is 11.4. The Labute approximate surface area is 213 Å². The first-order valence-corrected chi connectivity index (χ1v) is 11.4. The summed E-state index contributed by atoms with van der Waals surface area (Å²) in [6.45, 7) is 6.86. The van der Waals surface area contributed by atoms with E-state index >= 15 is 0 Å². The summed E-state index contributed by atoms with van der Waals surface area (Å²) in [6, 6.07) is 25.1. The van der Waals surface area contributed by atoms with Crippen molar-refractivity contribution < 1.29 is 9.90 Å². The molecule has 3 aromatic carbocycles. The molecule has 0 spiro atoms. The number of aliphatic carboxylic acids is 1. The normalized spacial score (nSPS) is 11.5. The third-order valence-corrected chi connectivity index (χ3v) is 5.50. The molecule has 6 nitrogen and oxygen atoms in total. The fourth-order valence-electron chi connectivity index (χ4n) is 3.52. The first-order chi connectivity index (χ1) is 17.3. The molecule has 0 fully saturated rings. The van der Waals surface area contributed by atoms with Crippen LogP contribution in [0.4, 0.5) is 28.4 Å². The second kappa shape index (κ2) is 12.1. The molecule has 0 aliphatic heterocycles. The number of hydrogen-bond donors (Lipinski definition) is 1. The molecule has 0 unspecified atom stereocenters. The first kappa shape index (κ1) is 25.9. The van der Waals surface area contributed by atoms with E-state index in [2.05, 4.69) is 80.2 Å². The van der Waals surface area contributed by atoms with Gasteiger partial charge in [-0.1, -0.05) is 36.4 Å². The summed E-state index contributed by atoms with van der Waals surface area (Å²) in [4.78, 5) is 20.2. The summed E-state index contributed by atoms with van der Waals surface area (Å²) >= 11 is 0. The van der Waals surface area contributed by atoms with Gasteiger partial charge in [0.05, 0.1) is 6.57 Å². The standard InChI is InChI=1S/C30H30N4O2/c1-31-29(30(35)36)10-8-6-7-9-23-11-13-26(14-12-23)34(27-19-15-24(16-20-27)32(2)3)28-21-17-25(18-22-28)33(4)5/h6-22H,2-5H3,(H,35,36). The summed E-state index contributed by atoms with van der Waals surface area (Å²) in [7, 11) is 8.11. The van der Waals surface area contributed by atoms with Crippen LogP contribution in [0.5, 0.6) is 0 Å². The number of nitrogens with zero attached hydrogens (tertiary/aromatic N) is 4. The molecule has 3 aromatic rings. The van der Waals surface area contributed by atoms with E-state index in [0.717, 1.165) is 34.0 Å². The van der Waals surface area contributed by atoms with E-state index in [9.17, 15) is 4.79 Å².